The molecule has 0 bridgehead atoms. The summed E-state index contributed by atoms with van der Waals surface area (Å²) in [6, 6.07) is 8.10. The van der Waals surface area contributed by atoms with Crippen molar-refractivity contribution in [3.8, 4) is 0 Å². The summed E-state index contributed by atoms with van der Waals surface area (Å²) in [5.74, 6) is 0. The van der Waals surface area contributed by atoms with Gasteiger partial charge < -0.3 is 4.90 Å². The second-order valence-electron chi connectivity index (χ2n) is 3.55. The molecule has 78 valence electrons. The Morgan fingerprint density at radius 1 is 1.53 bits per heavy atom. The van der Waals surface area contributed by atoms with Gasteiger partial charge in [-0.05, 0) is 18.1 Å². The van der Waals surface area contributed by atoms with E-state index in [1.54, 1.807) is 0 Å². The molecule has 0 aromatic heterocycles. The quantitative estimate of drug-likeness (QED) is 0.338. The van der Waals surface area contributed by atoms with E-state index in [-0.39, 0.29) is 6.04 Å². The van der Waals surface area contributed by atoms with Crippen molar-refractivity contribution in [2.45, 2.75) is 18.0 Å². The molecule has 3 heteroatoms. The maximum atomic E-state index is 10.8. The Labute approximate surface area is 94.2 Å². The highest BCUT2D eigenvalue weighted by atomic mass is 35.5. The summed E-state index contributed by atoms with van der Waals surface area (Å²) in [6.45, 7) is 3.78. The first-order valence-electron chi connectivity index (χ1n) is 4.86. The van der Waals surface area contributed by atoms with Gasteiger partial charge >= 0.3 is 0 Å². The Morgan fingerprint density at radius 3 is 2.93 bits per heavy atom. The number of rotatable bonds is 3. The number of fused-ring (bicyclic) bond motifs is 1. The number of para-hydroxylation sites is 1. The molecule has 2 rings (SSSR count). The lowest BCUT2D eigenvalue weighted by Gasteiger charge is -2.26. The van der Waals surface area contributed by atoms with Gasteiger partial charge in [-0.15, -0.1) is 6.58 Å². The summed E-state index contributed by atoms with van der Waals surface area (Å²) >= 11 is 5.98. The Bertz CT molecular complexity index is 391. The van der Waals surface area contributed by atoms with Gasteiger partial charge in [-0.3, -0.25) is 4.79 Å². The van der Waals surface area contributed by atoms with Crippen molar-refractivity contribution in [3.63, 3.8) is 0 Å². The minimum atomic E-state index is -0.614. The molecule has 0 saturated carbocycles. The SMILES string of the molecule is C=C[C@@H]1Cc2ccccc2N1C(Cl)C=O. The number of benzene rings is 1. The standard InChI is InChI=1S/C12H12ClNO/c1-2-10-7-9-5-3-4-6-11(9)14(10)12(13)8-15/h2-6,8,10,12H,1,7H2/t10-,12?/m1/s1. The van der Waals surface area contributed by atoms with Crippen molar-refractivity contribution in [2.75, 3.05) is 4.90 Å². The summed E-state index contributed by atoms with van der Waals surface area (Å²) in [6.07, 6.45) is 3.45. The first kappa shape index (κ1) is 10.2. The van der Waals surface area contributed by atoms with E-state index in [9.17, 15) is 4.79 Å². The maximum absolute atomic E-state index is 10.8. The first-order valence-corrected chi connectivity index (χ1v) is 5.29. The number of alkyl halides is 1. The fourth-order valence-corrected chi connectivity index (χ4v) is 2.27. The molecule has 0 saturated heterocycles. The Balaban J connectivity index is 2.41. The highest BCUT2D eigenvalue weighted by Gasteiger charge is 2.30. The molecule has 0 aliphatic carbocycles. The summed E-state index contributed by atoms with van der Waals surface area (Å²) in [5, 5.41) is 0. The normalized spacial score (nSPS) is 20.9. The lowest BCUT2D eigenvalue weighted by molar-refractivity contribution is -0.107. The number of halogens is 1. The van der Waals surface area contributed by atoms with E-state index in [4.69, 9.17) is 11.6 Å². The molecule has 2 atom stereocenters. The van der Waals surface area contributed by atoms with Crippen molar-refractivity contribution in [3.05, 3.63) is 42.5 Å². The molecule has 1 heterocycles. The minimum absolute atomic E-state index is 0.120. The Hall–Kier alpha value is -1.28. The van der Waals surface area contributed by atoms with Crippen LogP contribution in [0.3, 0.4) is 0 Å². The molecule has 0 fully saturated rings. The van der Waals surface area contributed by atoms with E-state index in [1.165, 1.54) is 5.56 Å². The van der Waals surface area contributed by atoms with E-state index in [0.29, 0.717) is 0 Å². The predicted molar refractivity (Wildman–Crippen MR) is 62.3 cm³/mol. The molecule has 0 spiro atoms. The zero-order valence-corrected chi connectivity index (χ0v) is 9.02. The molecule has 1 aromatic rings. The van der Waals surface area contributed by atoms with Gasteiger partial charge in [-0.2, -0.15) is 0 Å². The van der Waals surface area contributed by atoms with Crippen LogP contribution in [0.5, 0.6) is 0 Å². The molecule has 0 N–H and O–H groups in total. The van der Waals surface area contributed by atoms with Gasteiger partial charge in [-0.25, -0.2) is 0 Å². The van der Waals surface area contributed by atoms with Gasteiger partial charge in [0.25, 0.3) is 0 Å². The highest BCUT2D eigenvalue weighted by Crippen LogP contribution is 2.34. The number of aldehydes is 1. The van der Waals surface area contributed by atoms with Crippen LogP contribution >= 0.6 is 11.6 Å². The Kier molecular flexibility index (Phi) is 2.78. The van der Waals surface area contributed by atoms with Crippen LogP contribution in [-0.2, 0) is 11.2 Å². The second-order valence-corrected chi connectivity index (χ2v) is 4.00. The predicted octanol–water partition coefficient (Wildman–Crippen LogP) is 2.37. The molecular formula is C12H12ClNO. The molecule has 0 radical (unpaired) electrons. The third kappa shape index (κ3) is 1.65. The average molecular weight is 222 g/mol. The largest absolute Gasteiger partial charge is 0.342 e. The number of anilines is 1. The van der Waals surface area contributed by atoms with Crippen molar-refractivity contribution >= 4 is 23.6 Å². The molecule has 1 aromatic carbocycles. The lowest BCUT2D eigenvalue weighted by atomic mass is 10.1. The lowest BCUT2D eigenvalue weighted by Crippen LogP contribution is -2.37. The summed E-state index contributed by atoms with van der Waals surface area (Å²) in [5.41, 5.74) is 1.64. The van der Waals surface area contributed by atoms with Gasteiger partial charge in [0.2, 0.25) is 0 Å². The zero-order valence-electron chi connectivity index (χ0n) is 8.27. The van der Waals surface area contributed by atoms with Crippen LogP contribution in [-0.4, -0.2) is 17.8 Å². The Morgan fingerprint density at radius 2 is 2.27 bits per heavy atom. The van der Waals surface area contributed by atoms with Gasteiger partial charge in [0.05, 0.1) is 6.04 Å². The van der Waals surface area contributed by atoms with Crippen LogP contribution in [0.4, 0.5) is 5.69 Å². The number of carbonyl (C=O) groups excluding carboxylic acids is 1. The van der Waals surface area contributed by atoms with E-state index < -0.39 is 5.50 Å². The monoisotopic (exact) mass is 221 g/mol. The second kappa shape index (κ2) is 4.07. The average Bonchev–Trinajstić information content (AvgIpc) is 2.66. The molecule has 1 aliphatic rings. The molecule has 2 nitrogen and oxygen atoms in total. The van der Waals surface area contributed by atoms with Crippen LogP contribution in [0.1, 0.15) is 5.56 Å². The van der Waals surface area contributed by atoms with Crippen molar-refractivity contribution in [2.24, 2.45) is 0 Å². The first-order chi connectivity index (χ1) is 7.27. The summed E-state index contributed by atoms with van der Waals surface area (Å²) in [7, 11) is 0. The van der Waals surface area contributed by atoms with Gasteiger partial charge in [0.1, 0.15) is 0 Å². The number of hydrogen-bond donors (Lipinski definition) is 0. The highest BCUT2D eigenvalue weighted by molar-refractivity contribution is 6.29. The number of carbonyl (C=O) groups is 1. The zero-order chi connectivity index (χ0) is 10.8. The van der Waals surface area contributed by atoms with Crippen molar-refractivity contribution < 1.29 is 4.79 Å². The third-order valence-corrected chi connectivity index (χ3v) is 3.02. The van der Waals surface area contributed by atoms with Gasteiger partial charge in [-0.1, -0.05) is 35.9 Å². The van der Waals surface area contributed by atoms with Crippen LogP contribution in [0.25, 0.3) is 0 Å². The number of hydrogen-bond acceptors (Lipinski definition) is 2. The van der Waals surface area contributed by atoms with E-state index in [1.807, 2.05) is 29.2 Å². The smallest absolute Gasteiger partial charge is 0.160 e. The van der Waals surface area contributed by atoms with E-state index in [2.05, 4.69) is 12.6 Å². The van der Waals surface area contributed by atoms with Crippen LogP contribution in [0.15, 0.2) is 36.9 Å². The van der Waals surface area contributed by atoms with Crippen molar-refractivity contribution in [1.29, 1.82) is 0 Å². The summed E-state index contributed by atoms with van der Waals surface area (Å²) < 4.78 is 0. The fraction of sp³-hybridized carbons (Fsp3) is 0.250. The molecule has 15 heavy (non-hydrogen) atoms. The molecular weight excluding hydrogens is 210 g/mol. The van der Waals surface area contributed by atoms with E-state index >= 15 is 0 Å². The summed E-state index contributed by atoms with van der Waals surface area (Å²) in [4.78, 5) is 12.7. The minimum Gasteiger partial charge on any atom is -0.342 e. The van der Waals surface area contributed by atoms with Crippen LogP contribution in [0.2, 0.25) is 0 Å². The fourth-order valence-electron chi connectivity index (χ4n) is 2.02. The molecule has 0 amide bonds. The topological polar surface area (TPSA) is 20.3 Å². The molecule has 1 unspecified atom stereocenters. The third-order valence-electron chi connectivity index (χ3n) is 2.71. The van der Waals surface area contributed by atoms with E-state index in [0.717, 1.165) is 18.4 Å². The van der Waals surface area contributed by atoms with Gasteiger partial charge in [0.15, 0.2) is 11.8 Å². The molecule has 1 aliphatic heterocycles. The maximum Gasteiger partial charge on any atom is 0.160 e. The number of nitrogens with zero attached hydrogens (tertiary/aromatic N) is 1. The van der Waals surface area contributed by atoms with Gasteiger partial charge in [0, 0.05) is 5.69 Å². The van der Waals surface area contributed by atoms with Crippen LogP contribution < -0.4 is 4.90 Å². The van der Waals surface area contributed by atoms with Crippen LogP contribution in [0, 0.1) is 0 Å². The van der Waals surface area contributed by atoms with Crippen molar-refractivity contribution in [1.82, 2.24) is 0 Å².